The van der Waals surface area contributed by atoms with Crippen molar-refractivity contribution in [1.29, 1.82) is 0 Å². The number of piperazine rings is 1. The fourth-order valence-corrected chi connectivity index (χ4v) is 4.12. The summed E-state index contributed by atoms with van der Waals surface area (Å²) < 4.78 is 10.9. The van der Waals surface area contributed by atoms with E-state index in [0.29, 0.717) is 55.7 Å². The molecule has 2 aromatic rings. The molecule has 0 bridgehead atoms. The van der Waals surface area contributed by atoms with Crippen LogP contribution in [0.5, 0.6) is 0 Å². The molecule has 10 nitrogen and oxygen atoms in total. The molecule has 0 radical (unpaired) electrons. The summed E-state index contributed by atoms with van der Waals surface area (Å²) >= 11 is 0. The van der Waals surface area contributed by atoms with E-state index in [1.807, 2.05) is 6.07 Å². The third kappa shape index (κ3) is 5.96. The Hall–Kier alpha value is -2.89. The van der Waals surface area contributed by atoms with Crippen molar-refractivity contribution >= 4 is 29.0 Å². The molecule has 4 rings (SSSR count). The summed E-state index contributed by atoms with van der Waals surface area (Å²) in [6.07, 6.45) is 1.63. The van der Waals surface area contributed by atoms with Crippen LogP contribution in [0.4, 0.5) is 17.2 Å². The topological polar surface area (TPSA) is 113 Å². The van der Waals surface area contributed by atoms with Crippen molar-refractivity contribution in [2.75, 3.05) is 82.5 Å². The number of nitrogens with two attached hydrogens (primary N) is 1. The lowest BCUT2D eigenvalue weighted by Gasteiger charge is -2.35. The maximum atomic E-state index is 13.5. The Bertz CT molecular complexity index is 979. The average Bonchev–Trinajstić information content (AvgIpc) is 2.98. The predicted octanol–water partition coefficient (Wildman–Crippen LogP) is 0.922. The van der Waals surface area contributed by atoms with Crippen LogP contribution in [-0.2, 0) is 14.3 Å². The molecule has 2 aliphatic rings. The number of hydrogen-bond acceptors (Lipinski definition) is 8. The van der Waals surface area contributed by atoms with Gasteiger partial charge in [0.2, 0.25) is 5.91 Å². The molecule has 0 spiro atoms. The number of anilines is 3. The standard InChI is InChI=1S/C24H32N6O4/c25-7-14-33-16-17-34-15-13-28-9-11-29(12-10-28)18-22(31)30-21-6-2-1-4-19(21)24(32)27-20-5-3-8-26-23(20)30/h1-6,8H,7,9-18,25H2,(H,27,32). The van der Waals surface area contributed by atoms with Gasteiger partial charge in [0.15, 0.2) is 5.82 Å². The summed E-state index contributed by atoms with van der Waals surface area (Å²) in [6, 6.07) is 10.6. The van der Waals surface area contributed by atoms with Crippen molar-refractivity contribution in [2.45, 2.75) is 0 Å². The van der Waals surface area contributed by atoms with Gasteiger partial charge in [-0.3, -0.25) is 24.3 Å². The Balaban J connectivity index is 1.32. The van der Waals surface area contributed by atoms with Crippen molar-refractivity contribution < 1.29 is 19.1 Å². The van der Waals surface area contributed by atoms with Crippen LogP contribution in [0, 0.1) is 0 Å². The maximum Gasteiger partial charge on any atom is 0.257 e. The largest absolute Gasteiger partial charge is 0.378 e. The molecule has 2 aliphatic heterocycles. The fraction of sp³-hybridized carbons (Fsp3) is 0.458. The molecule has 182 valence electrons. The molecule has 3 heterocycles. The van der Waals surface area contributed by atoms with E-state index in [1.165, 1.54) is 0 Å². The quantitative estimate of drug-likeness (QED) is 0.495. The zero-order valence-electron chi connectivity index (χ0n) is 19.3. The molecule has 1 fully saturated rings. The molecule has 0 aliphatic carbocycles. The molecule has 1 saturated heterocycles. The number of hydrogen-bond donors (Lipinski definition) is 2. The lowest BCUT2D eigenvalue weighted by Crippen LogP contribution is -2.50. The summed E-state index contributed by atoms with van der Waals surface area (Å²) in [4.78, 5) is 36.7. The number of pyridine rings is 1. The number of carbonyl (C=O) groups excluding carboxylic acids is 2. The van der Waals surface area contributed by atoms with Gasteiger partial charge in [0.25, 0.3) is 5.91 Å². The number of carbonyl (C=O) groups is 2. The Morgan fingerprint density at radius 1 is 0.971 bits per heavy atom. The normalized spacial score (nSPS) is 16.5. The zero-order valence-corrected chi connectivity index (χ0v) is 19.3. The zero-order chi connectivity index (χ0) is 23.8. The number of para-hydroxylation sites is 1. The highest BCUT2D eigenvalue weighted by Gasteiger charge is 2.31. The molecular formula is C24H32N6O4. The van der Waals surface area contributed by atoms with E-state index in [1.54, 1.807) is 41.4 Å². The van der Waals surface area contributed by atoms with Gasteiger partial charge in [-0.1, -0.05) is 12.1 Å². The third-order valence-corrected chi connectivity index (χ3v) is 5.90. The molecular weight excluding hydrogens is 436 g/mol. The van der Waals surface area contributed by atoms with Gasteiger partial charge in [0, 0.05) is 45.5 Å². The van der Waals surface area contributed by atoms with Crippen molar-refractivity contribution in [1.82, 2.24) is 14.8 Å². The Morgan fingerprint density at radius 3 is 2.50 bits per heavy atom. The van der Waals surface area contributed by atoms with Crippen LogP contribution in [0.3, 0.4) is 0 Å². The second-order valence-electron chi connectivity index (χ2n) is 8.21. The molecule has 1 aromatic carbocycles. The molecule has 10 heteroatoms. The number of ether oxygens (including phenoxy) is 2. The number of aromatic nitrogens is 1. The summed E-state index contributed by atoms with van der Waals surface area (Å²) in [5.74, 6) is 0.0807. The van der Waals surface area contributed by atoms with Crippen LogP contribution in [0.15, 0.2) is 42.6 Å². The van der Waals surface area contributed by atoms with Crippen molar-refractivity contribution in [3.05, 3.63) is 48.2 Å². The smallest absolute Gasteiger partial charge is 0.257 e. The highest BCUT2D eigenvalue weighted by atomic mass is 16.5. The maximum absolute atomic E-state index is 13.5. The van der Waals surface area contributed by atoms with E-state index in [4.69, 9.17) is 15.2 Å². The van der Waals surface area contributed by atoms with Gasteiger partial charge >= 0.3 is 0 Å². The number of benzene rings is 1. The van der Waals surface area contributed by atoms with Crippen LogP contribution in [-0.4, -0.2) is 98.8 Å². The van der Waals surface area contributed by atoms with Crippen molar-refractivity contribution in [2.24, 2.45) is 5.73 Å². The minimum atomic E-state index is -0.248. The van der Waals surface area contributed by atoms with E-state index in [9.17, 15) is 9.59 Å². The van der Waals surface area contributed by atoms with Gasteiger partial charge in [0.05, 0.1) is 49.9 Å². The lowest BCUT2D eigenvalue weighted by atomic mass is 10.1. The van der Waals surface area contributed by atoms with Gasteiger partial charge in [-0.05, 0) is 24.3 Å². The Kier molecular flexibility index (Phi) is 8.56. The number of fused-ring (bicyclic) bond motifs is 2. The molecule has 34 heavy (non-hydrogen) atoms. The molecule has 2 amide bonds. The average molecular weight is 469 g/mol. The Morgan fingerprint density at radius 2 is 1.71 bits per heavy atom. The Labute approximate surface area is 199 Å². The minimum Gasteiger partial charge on any atom is -0.378 e. The van der Waals surface area contributed by atoms with Gasteiger partial charge in [-0.2, -0.15) is 0 Å². The summed E-state index contributed by atoms with van der Waals surface area (Å²) in [5.41, 5.74) is 6.91. The van der Waals surface area contributed by atoms with Crippen LogP contribution in [0.2, 0.25) is 0 Å². The number of amides is 2. The minimum absolute atomic E-state index is 0.113. The van der Waals surface area contributed by atoms with Gasteiger partial charge < -0.3 is 20.5 Å². The SMILES string of the molecule is NCCOCCOCCN1CCN(CC(=O)N2c3ccccc3C(=O)Nc3cccnc32)CC1. The summed E-state index contributed by atoms with van der Waals surface area (Å²) in [5, 5.41) is 2.87. The van der Waals surface area contributed by atoms with E-state index in [2.05, 4.69) is 20.1 Å². The van der Waals surface area contributed by atoms with Crippen LogP contribution in [0.25, 0.3) is 0 Å². The van der Waals surface area contributed by atoms with E-state index >= 15 is 0 Å². The monoisotopic (exact) mass is 468 g/mol. The van der Waals surface area contributed by atoms with E-state index in [-0.39, 0.29) is 18.4 Å². The van der Waals surface area contributed by atoms with Crippen LogP contribution in [0.1, 0.15) is 10.4 Å². The first-order chi connectivity index (χ1) is 16.7. The number of nitrogens with zero attached hydrogens (tertiary/aromatic N) is 4. The summed E-state index contributed by atoms with van der Waals surface area (Å²) in [6.45, 7) is 7.27. The van der Waals surface area contributed by atoms with E-state index in [0.717, 1.165) is 32.7 Å². The lowest BCUT2D eigenvalue weighted by molar-refractivity contribution is -0.119. The number of nitrogens with one attached hydrogen (secondary N) is 1. The van der Waals surface area contributed by atoms with E-state index < -0.39 is 0 Å². The second kappa shape index (κ2) is 12.0. The van der Waals surface area contributed by atoms with Crippen LogP contribution >= 0.6 is 0 Å². The second-order valence-corrected chi connectivity index (χ2v) is 8.21. The molecule has 0 unspecified atom stereocenters. The number of rotatable bonds is 10. The predicted molar refractivity (Wildman–Crippen MR) is 129 cm³/mol. The molecule has 1 aromatic heterocycles. The highest BCUT2D eigenvalue weighted by Crippen LogP contribution is 2.36. The molecule has 3 N–H and O–H groups in total. The first-order valence-corrected chi connectivity index (χ1v) is 11.7. The third-order valence-electron chi connectivity index (χ3n) is 5.90. The van der Waals surface area contributed by atoms with Crippen molar-refractivity contribution in [3.63, 3.8) is 0 Å². The van der Waals surface area contributed by atoms with Crippen LogP contribution < -0.4 is 16.0 Å². The van der Waals surface area contributed by atoms with Gasteiger partial charge in [-0.15, -0.1) is 0 Å². The fourth-order valence-electron chi connectivity index (χ4n) is 4.12. The van der Waals surface area contributed by atoms with Gasteiger partial charge in [0.1, 0.15) is 0 Å². The summed E-state index contributed by atoms with van der Waals surface area (Å²) in [7, 11) is 0. The first kappa shape index (κ1) is 24.2. The van der Waals surface area contributed by atoms with Gasteiger partial charge in [-0.25, -0.2) is 4.98 Å². The molecule has 0 saturated carbocycles. The highest BCUT2D eigenvalue weighted by molar-refractivity contribution is 6.17. The first-order valence-electron chi connectivity index (χ1n) is 11.7. The molecule has 0 atom stereocenters. The van der Waals surface area contributed by atoms with Crippen molar-refractivity contribution in [3.8, 4) is 0 Å².